The van der Waals surface area contributed by atoms with Crippen LogP contribution in [0.2, 0.25) is 0 Å². The van der Waals surface area contributed by atoms with Crippen LogP contribution in [0.4, 0.5) is 0 Å². The molecule has 0 aliphatic carbocycles. The Balaban J connectivity index is 2.43. The van der Waals surface area contributed by atoms with Crippen molar-refractivity contribution in [3.63, 3.8) is 0 Å². The second-order valence-electron chi connectivity index (χ2n) is 5.39. The van der Waals surface area contributed by atoms with Gasteiger partial charge >= 0.3 is 5.97 Å². The molecule has 1 aromatic carbocycles. The number of rotatable bonds is 10. The summed E-state index contributed by atoms with van der Waals surface area (Å²) in [6, 6.07) is 8.85. The molecule has 0 bridgehead atoms. The molecule has 1 atom stereocenters. The number of methoxy groups -OCH3 is 1. The first-order valence-electron chi connectivity index (χ1n) is 7.04. The first kappa shape index (κ1) is 19.2. The number of ketones is 1. The highest BCUT2D eigenvalue weighted by Gasteiger charge is 2.29. The summed E-state index contributed by atoms with van der Waals surface area (Å²) in [4.78, 5) is 34.7. The van der Waals surface area contributed by atoms with Crippen LogP contribution in [0.1, 0.15) is 23.7 Å². The van der Waals surface area contributed by atoms with Gasteiger partial charge in [0, 0.05) is 12.7 Å². The van der Waals surface area contributed by atoms with Crippen molar-refractivity contribution in [3.05, 3.63) is 35.9 Å². The predicted octanol–water partition coefficient (Wildman–Crippen LogP) is 1.60. The average Bonchev–Trinajstić information content (AvgIpc) is 2.47. The topological polar surface area (TPSA) is 92.7 Å². The van der Waals surface area contributed by atoms with Crippen LogP contribution in [0.15, 0.2) is 30.3 Å². The standard InChI is InChI=1S/C16H21NO5S/c1-16(11-22-2,8-15(20)21)17-14(19)10-23-9-13(18)12-6-4-3-5-7-12/h3-7H,8-11H2,1-2H3,(H,17,19)(H,20,21). The van der Waals surface area contributed by atoms with Gasteiger partial charge in [-0.1, -0.05) is 30.3 Å². The van der Waals surface area contributed by atoms with Crippen LogP contribution in [0, 0.1) is 0 Å². The summed E-state index contributed by atoms with van der Waals surface area (Å²) >= 11 is 1.19. The van der Waals surface area contributed by atoms with Crippen LogP contribution in [0.5, 0.6) is 0 Å². The highest BCUT2D eigenvalue weighted by Crippen LogP contribution is 2.12. The van der Waals surface area contributed by atoms with E-state index in [1.807, 2.05) is 6.07 Å². The van der Waals surface area contributed by atoms with Gasteiger partial charge in [0.1, 0.15) is 0 Å². The minimum Gasteiger partial charge on any atom is -0.481 e. The summed E-state index contributed by atoms with van der Waals surface area (Å²) in [5.41, 5.74) is -0.364. The van der Waals surface area contributed by atoms with Gasteiger partial charge in [-0.05, 0) is 6.92 Å². The minimum atomic E-state index is -1.02. The van der Waals surface area contributed by atoms with Gasteiger partial charge in [0.25, 0.3) is 0 Å². The molecule has 1 aromatic rings. The Morgan fingerprint density at radius 1 is 1.22 bits per heavy atom. The van der Waals surface area contributed by atoms with E-state index in [4.69, 9.17) is 9.84 Å². The van der Waals surface area contributed by atoms with Crippen molar-refractivity contribution >= 4 is 29.4 Å². The van der Waals surface area contributed by atoms with Crippen LogP contribution in [-0.2, 0) is 14.3 Å². The Kier molecular flexibility index (Phi) is 7.77. The maximum Gasteiger partial charge on any atom is 0.305 e. The fourth-order valence-electron chi connectivity index (χ4n) is 2.10. The van der Waals surface area contributed by atoms with Crippen molar-refractivity contribution in [2.45, 2.75) is 18.9 Å². The second-order valence-corrected chi connectivity index (χ2v) is 6.38. The largest absolute Gasteiger partial charge is 0.481 e. The molecule has 7 heteroatoms. The van der Waals surface area contributed by atoms with Gasteiger partial charge in [0.15, 0.2) is 5.78 Å². The number of ether oxygens (including phenoxy) is 1. The smallest absolute Gasteiger partial charge is 0.305 e. The lowest BCUT2D eigenvalue weighted by Crippen LogP contribution is -2.51. The number of thioether (sulfide) groups is 1. The third kappa shape index (κ3) is 7.30. The molecule has 1 unspecified atom stereocenters. The van der Waals surface area contributed by atoms with E-state index in [-0.39, 0.29) is 36.2 Å². The summed E-state index contributed by atoms with van der Waals surface area (Å²) in [5, 5.41) is 11.6. The zero-order valence-electron chi connectivity index (χ0n) is 13.2. The molecular weight excluding hydrogens is 318 g/mol. The number of carboxylic acids is 1. The number of carboxylic acid groups (broad SMARTS) is 1. The number of carbonyl (C=O) groups is 3. The van der Waals surface area contributed by atoms with Crippen molar-refractivity contribution in [1.29, 1.82) is 0 Å². The van der Waals surface area contributed by atoms with Gasteiger partial charge in [0.05, 0.1) is 30.1 Å². The van der Waals surface area contributed by atoms with Crippen molar-refractivity contribution < 1.29 is 24.2 Å². The van der Waals surface area contributed by atoms with E-state index in [9.17, 15) is 14.4 Å². The third-order valence-corrected chi connectivity index (χ3v) is 3.94. The lowest BCUT2D eigenvalue weighted by Gasteiger charge is -2.28. The fourth-order valence-corrected chi connectivity index (χ4v) is 2.81. The van der Waals surface area contributed by atoms with Gasteiger partial charge in [-0.15, -0.1) is 11.8 Å². The summed E-state index contributed by atoms with van der Waals surface area (Å²) < 4.78 is 4.97. The predicted molar refractivity (Wildman–Crippen MR) is 88.8 cm³/mol. The Morgan fingerprint density at radius 3 is 2.43 bits per heavy atom. The highest BCUT2D eigenvalue weighted by atomic mass is 32.2. The molecule has 0 saturated heterocycles. The van der Waals surface area contributed by atoms with Gasteiger partial charge in [-0.25, -0.2) is 0 Å². The fraction of sp³-hybridized carbons (Fsp3) is 0.438. The highest BCUT2D eigenvalue weighted by molar-refractivity contribution is 8.00. The third-order valence-electron chi connectivity index (χ3n) is 3.01. The van der Waals surface area contributed by atoms with Gasteiger partial charge in [-0.2, -0.15) is 0 Å². The molecule has 0 saturated carbocycles. The van der Waals surface area contributed by atoms with E-state index in [2.05, 4.69) is 5.32 Å². The molecule has 0 aliphatic rings. The van der Waals surface area contributed by atoms with E-state index in [0.29, 0.717) is 5.56 Å². The van der Waals surface area contributed by atoms with Gasteiger partial charge in [-0.3, -0.25) is 14.4 Å². The van der Waals surface area contributed by atoms with Gasteiger partial charge in [0.2, 0.25) is 5.91 Å². The number of aliphatic carboxylic acids is 1. The Labute approximate surface area is 139 Å². The molecule has 23 heavy (non-hydrogen) atoms. The summed E-state index contributed by atoms with van der Waals surface area (Å²) in [7, 11) is 1.44. The SMILES string of the molecule is COCC(C)(CC(=O)O)NC(=O)CSCC(=O)c1ccccc1. The van der Waals surface area contributed by atoms with Crippen LogP contribution in [-0.4, -0.2) is 53.5 Å². The molecule has 0 radical (unpaired) electrons. The van der Waals surface area contributed by atoms with Crippen LogP contribution < -0.4 is 5.32 Å². The number of amides is 1. The first-order valence-corrected chi connectivity index (χ1v) is 8.19. The van der Waals surface area contributed by atoms with Crippen molar-refractivity contribution in [3.8, 4) is 0 Å². The van der Waals surface area contributed by atoms with E-state index in [1.54, 1.807) is 31.2 Å². The summed E-state index contributed by atoms with van der Waals surface area (Å²) in [6.45, 7) is 1.71. The van der Waals surface area contributed by atoms with Crippen LogP contribution in [0.25, 0.3) is 0 Å². The quantitative estimate of drug-likeness (QED) is 0.629. The molecule has 1 amide bonds. The van der Waals surface area contributed by atoms with Crippen LogP contribution >= 0.6 is 11.8 Å². The number of carbonyl (C=O) groups excluding carboxylic acids is 2. The number of benzene rings is 1. The summed E-state index contributed by atoms with van der Waals surface area (Å²) in [6.07, 6.45) is -0.236. The van der Waals surface area contributed by atoms with Crippen molar-refractivity contribution in [1.82, 2.24) is 5.32 Å². The van der Waals surface area contributed by atoms with E-state index in [0.717, 1.165) is 0 Å². The number of hydrogen-bond acceptors (Lipinski definition) is 5. The van der Waals surface area contributed by atoms with Gasteiger partial charge < -0.3 is 15.2 Å². The van der Waals surface area contributed by atoms with E-state index < -0.39 is 11.5 Å². The summed E-state index contributed by atoms with van der Waals surface area (Å²) in [5.74, 6) is -1.11. The Morgan fingerprint density at radius 2 is 1.87 bits per heavy atom. The average molecular weight is 339 g/mol. The first-order chi connectivity index (χ1) is 10.9. The number of hydrogen-bond donors (Lipinski definition) is 2. The minimum absolute atomic E-state index is 0.0476. The lowest BCUT2D eigenvalue weighted by atomic mass is 9.99. The van der Waals surface area contributed by atoms with E-state index >= 15 is 0 Å². The molecule has 0 fully saturated rings. The normalized spacial score (nSPS) is 13.1. The molecule has 0 aliphatic heterocycles. The molecule has 2 N–H and O–H groups in total. The zero-order valence-corrected chi connectivity index (χ0v) is 14.0. The number of nitrogens with one attached hydrogen (secondary N) is 1. The number of Topliss-reactive ketones (excluding diaryl/α,β-unsaturated/α-hetero) is 1. The molecule has 6 nitrogen and oxygen atoms in total. The Bertz CT molecular complexity index is 549. The molecule has 1 rings (SSSR count). The maximum absolute atomic E-state index is 11.9. The molecule has 0 aromatic heterocycles. The molecule has 0 heterocycles. The maximum atomic E-state index is 11.9. The van der Waals surface area contributed by atoms with Crippen LogP contribution in [0.3, 0.4) is 0 Å². The Hall–Kier alpha value is -1.86. The van der Waals surface area contributed by atoms with E-state index in [1.165, 1.54) is 18.9 Å². The molecule has 126 valence electrons. The monoisotopic (exact) mass is 339 g/mol. The second kappa shape index (κ2) is 9.32. The zero-order chi connectivity index (χ0) is 17.3. The van der Waals surface area contributed by atoms with Crippen molar-refractivity contribution in [2.75, 3.05) is 25.2 Å². The molecular formula is C16H21NO5S. The molecule has 0 spiro atoms. The van der Waals surface area contributed by atoms with Crippen molar-refractivity contribution in [2.24, 2.45) is 0 Å². The lowest BCUT2D eigenvalue weighted by molar-refractivity contribution is -0.139.